The van der Waals surface area contributed by atoms with Crippen LogP contribution in [0.15, 0.2) is 42.7 Å². The van der Waals surface area contributed by atoms with Gasteiger partial charge >= 0.3 is 0 Å². The molecule has 0 saturated carbocycles. The molecule has 0 atom stereocenters. The summed E-state index contributed by atoms with van der Waals surface area (Å²) in [5, 5.41) is 0. The quantitative estimate of drug-likeness (QED) is 0.704. The molecule has 1 aromatic carbocycles. The Morgan fingerprint density at radius 2 is 2.08 bits per heavy atom. The van der Waals surface area contributed by atoms with Crippen LogP contribution in [0.5, 0.6) is 0 Å². The minimum atomic E-state index is 1.00. The smallest absolute Gasteiger partial charge is 0.119 e. The van der Waals surface area contributed by atoms with E-state index in [4.69, 9.17) is 4.84 Å². The van der Waals surface area contributed by atoms with Gasteiger partial charge in [0.25, 0.3) is 0 Å². The van der Waals surface area contributed by atoms with Gasteiger partial charge in [0.2, 0.25) is 0 Å². The normalized spacial score (nSPS) is 14.4. The molecule has 0 spiro atoms. The van der Waals surface area contributed by atoms with E-state index >= 15 is 0 Å². The van der Waals surface area contributed by atoms with E-state index in [0.717, 1.165) is 5.70 Å². The molecule has 2 rings (SSSR count). The number of nitrogens with one attached hydrogen (secondary N) is 1. The van der Waals surface area contributed by atoms with Crippen molar-refractivity contribution >= 4 is 5.70 Å². The zero-order valence-corrected chi connectivity index (χ0v) is 7.45. The van der Waals surface area contributed by atoms with Crippen molar-refractivity contribution in [1.82, 2.24) is 5.48 Å². The van der Waals surface area contributed by atoms with Crippen molar-refractivity contribution in [3.63, 3.8) is 0 Å². The van der Waals surface area contributed by atoms with Crippen molar-refractivity contribution in [2.45, 2.75) is 6.92 Å². The number of rotatable bonds is 1. The Hall–Kier alpha value is -1.70. The van der Waals surface area contributed by atoms with Gasteiger partial charge in [-0.05, 0) is 24.6 Å². The maximum atomic E-state index is 4.99. The van der Waals surface area contributed by atoms with Crippen molar-refractivity contribution in [2.75, 3.05) is 0 Å². The molecule has 0 saturated heterocycles. The molecule has 2 heteroatoms. The minimum Gasteiger partial charge on any atom is -0.390 e. The van der Waals surface area contributed by atoms with Gasteiger partial charge in [-0.3, -0.25) is 0 Å². The first kappa shape index (κ1) is 7.92. The molecule has 1 aromatic rings. The molecule has 66 valence electrons. The first-order valence-electron chi connectivity index (χ1n) is 4.22. The number of hydrogen-bond acceptors (Lipinski definition) is 2. The second-order valence-corrected chi connectivity index (χ2v) is 2.94. The molecule has 1 aliphatic rings. The lowest BCUT2D eigenvalue weighted by Crippen LogP contribution is -2.12. The van der Waals surface area contributed by atoms with Gasteiger partial charge in [-0.2, -0.15) is 0 Å². The summed E-state index contributed by atoms with van der Waals surface area (Å²) >= 11 is 0. The van der Waals surface area contributed by atoms with Gasteiger partial charge in [0, 0.05) is 5.56 Å². The summed E-state index contributed by atoms with van der Waals surface area (Å²) < 4.78 is 0. The molecule has 0 aliphatic carbocycles. The predicted octanol–water partition coefficient (Wildman–Crippen LogP) is 2.38. The van der Waals surface area contributed by atoms with E-state index in [2.05, 4.69) is 24.5 Å². The second kappa shape index (κ2) is 3.35. The zero-order chi connectivity index (χ0) is 9.10. The fourth-order valence-electron chi connectivity index (χ4n) is 1.33. The van der Waals surface area contributed by atoms with Crippen molar-refractivity contribution < 1.29 is 4.84 Å². The van der Waals surface area contributed by atoms with Crippen LogP contribution in [0.4, 0.5) is 0 Å². The first-order valence-corrected chi connectivity index (χ1v) is 4.22. The van der Waals surface area contributed by atoms with Crippen LogP contribution in [0.1, 0.15) is 11.1 Å². The monoisotopic (exact) mass is 173 g/mol. The maximum Gasteiger partial charge on any atom is 0.119 e. The number of aryl methyl sites for hydroxylation is 1. The summed E-state index contributed by atoms with van der Waals surface area (Å²) in [5.74, 6) is 0. The standard InChI is InChI=1S/C11H11NO/c1-9-5-2-3-6-10(9)11-7-4-8-13-12-11/h2-8,12H,1H3. The third-order valence-electron chi connectivity index (χ3n) is 2.01. The molecule has 1 aliphatic heterocycles. The van der Waals surface area contributed by atoms with E-state index in [1.165, 1.54) is 11.1 Å². The number of hydroxylamine groups is 1. The SMILES string of the molecule is Cc1ccccc1C1=CC=CON1. The van der Waals surface area contributed by atoms with Gasteiger partial charge in [0.05, 0.1) is 5.70 Å². The van der Waals surface area contributed by atoms with E-state index in [1.807, 2.05) is 24.3 Å². The van der Waals surface area contributed by atoms with Crippen LogP contribution in [0.3, 0.4) is 0 Å². The Bertz CT molecular complexity index is 366. The minimum absolute atomic E-state index is 1.00. The van der Waals surface area contributed by atoms with E-state index in [1.54, 1.807) is 6.26 Å². The summed E-state index contributed by atoms with van der Waals surface area (Å²) in [5.41, 5.74) is 6.26. The molecule has 2 nitrogen and oxygen atoms in total. The van der Waals surface area contributed by atoms with E-state index in [0.29, 0.717) is 0 Å². The third-order valence-corrected chi connectivity index (χ3v) is 2.01. The molecular formula is C11H11NO. The number of hydrogen-bond donors (Lipinski definition) is 1. The van der Waals surface area contributed by atoms with Crippen LogP contribution in [0.25, 0.3) is 5.70 Å². The average Bonchev–Trinajstić information content (AvgIpc) is 2.20. The summed E-state index contributed by atoms with van der Waals surface area (Å²) in [6.07, 6.45) is 5.48. The maximum absolute atomic E-state index is 4.99. The molecule has 0 unspecified atom stereocenters. The van der Waals surface area contributed by atoms with Gasteiger partial charge in [-0.15, -0.1) is 0 Å². The highest BCUT2D eigenvalue weighted by atomic mass is 16.6. The summed E-state index contributed by atoms with van der Waals surface area (Å²) in [6, 6.07) is 8.19. The molecule has 0 aromatic heterocycles. The van der Waals surface area contributed by atoms with Gasteiger partial charge in [0.15, 0.2) is 0 Å². The van der Waals surface area contributed by atoms with Crippen LogP contribution in [-0.4, -0.2) is 0 Å². The van der Waals surface area contributed by atoms with Crippen molar-refractivity contribution in [1.29, 1.82) is 0 Å². The van der Waals surface area contributed by atoms with Crippen LogP contribution >= 0.6 is 0 Å². The number of allylic oxidation sites excluding steroid dienone is 2. The molecular weight excluding hydrogens is 162 g/mol. The molecule has 0 bridgehead atoms. The van der Waals surface area contributed by atoms with Crippen LogP contribution in [-0.2, 0) is 4.84 Å². The van der Waals surface area contributed by atoms with E-state index in [-0.39, 0.29) is 0 Å². The molecule has 0 fully saturated rings. The lowest BCUT2D eigenvalue weighted by atomic mass is 10.1. The zero-order valence-electron chi connectivity index (χ0n) is 7.45. The van der Waals surface area contributed by atoms with Gasteiger partial charge in [0.1, 0.15) is 6.26 Å². The summed E-state index contributed by atoms with van der Waals surface area (Å²) in [6.45, 7) is 2.08. The second-order valence-electron chi connectivity index (χ2n) is 2.94. The molecule has 13 heavy (non-hydrogen) atoms. The summed E-state index contributed by atoms with van der Waals surface area (Å²) in [7, 11) is 0. The van der Waals surface area contributed by atoms with E-state index in [9.17, 15) is 0 Å². The highest BCUT2D eigenvalue weighted by molar-refractivity contribution is 5.67. The Kier molecular flexibility index (Phi) is 2.04. The van der Waals surface area contributed by atoms with Gasteiger partial charge in [-0.25, -0.2) is 5.48 Å². The Morgan fingerprint density at radius 1 is 1.23 bits per heavy atom. The van der Waals surface area contributed by atoms with Crippen LogP contribution < -0.4 is 5.48 Å². The number of benzene rings is 1. The Labute approximate surface area is 77.5 Å². The Balaban J connectivity index is 2.40. The highest BCUT2D eigenvalue weighted by Crippen LogP contribution is 2.17. The average molecular weight is 173 g/mol. The molecule has 1 heterocycles. The summed E-state index contributed by atoms with van der Waals surface area (Å²) in [4.78, 5) is 4.99. The predicted molar refractivity (Wildman–Crippen MR) is 52.5 cm³/mol. The van der Waals surface area contributed by atoms with E-state index < -0.39 is 0 Å². The third kappa shape index (κ3) is 1.56. The molecule has 0 radical (unpaired) electrons. The Morgan fingerprint density at radius 3 is 2.77 bits per heavy atom. The molecule has 0 amide bonds. The van der Waals surface area contributed by atoms with Crippen molar-refractivity contribution in [2.24, 2.45) is 0 Å². The van der Waals surface area contributed by atoms with Crippen molar-refractivity contribution in [3.8, 4) is 0 Å². The highest BCUT2D eigenvalue weighted by Gasteiger charge is 2.04. The van der Waals surface area contributed by atoms with Gasteiger partial charge in [-0.1, -0.05) is 24.3 Å². The fourth-order valence-corrected chi connectivity index (χ4v) is 1.33. The molecule has 1 N–H and O–H groups in total. The van der Waals surface area contributed by atoms with Crippen LogP contribution in [0, 0.1) is 6.92 Å². The van der Waals surface area contributed by atoms with Crippen LogP contribution in [0.2, 0.25) is 0 Å². The topological polar surface area (TPSA) is 21.3 Å². The first-order chi connectivity index (χ1) is 6.38. The lowest BCUT2D eigenvalue weighted by Gasteiger charge is -2.13. The van der Waals surface area contributed by atoms with Gasteiger partial charge < -0.3 is 4.84 Å². The largest absolute Gasteiger partial charge is 0.390 e. The van der Waals surface area contributed by atoms with Crippen molar-refractivity contribution in [3.05, 3.63) is 53.8 Å². The lowest BCUT2D eigenvalue weighted by molar-refractivity contribution is 0.181. The fraction of sp³-hybridized carbons (Fsp3) is 0.0909.